The van der Waals surface area contributed by atoms with E-state index in [1.54, 1.807) is 0 Å². The van der Waals surface area contributed by atoms with Crippen LogP contribution in [0.2, 0.25) is 0 Å². The van der Waals surface area contributed by atoms with Crippen LogP contribution in [0.4, 0.5) is 34.1 Å². The Morgan fingerprint density at radius 2 is 0.967 bits per heavy atom. The summed E-state index contributed by atoms with van der Waals surface area (Å²) in [5.41, 5.74) is 12.9. The van der Waals surface area contributed by atoms with Gasteiger partial charge in [0.25, 0.3) is 0 Å². The summed E-state index contributed by atoms with van der Waals surface area (Å²) in [5.74, 6) is 1.70. The number of hydrogen-bond donors (Lipinski definition) is 0. The molecule has 1 aliphatic heterocycles. The Balaban J connectivity index is 1.09. The van der Waals surface area contributed by atoms with Gasteiger partial charge in [-0.3, -0.25) is 9.97 Å². The van der Waals surface area contributed by atoms with Crippen molar-refractivity contribution in [3.63, 3.8) is 0 Å². The van der Waals surface area contributed by atoms with E-state index in [4.69, 9.17) is 4.74 Å². The van der Waals surface area contributed by atoms with Gasteiger partial charge in [0, 0.05) is 74.0 Å². The predicted octanol–water partition coefficient (Wildman–Crippen LogP) is 15.6. The van der Waals surface area contributed by atoms with Gasteiger partial charge in [0.2, 0.25) is 0 Å². The van der Waals surface area contributed by atoms with Crippen molar-refractivity contribution in [2.45, 2.75) is 13.8 Å². The summed E-state index contributed by atoms with van der Waals surface area (Å²) in [6.45, 7) is 4.35. The number of aryl methyl sites for hydroxylation is 2. The summed E-state index contributed by atoms with van der Waals surface area (Å²) in [6.07, 6.45) is 3.69. The van der Waals surface area contributed by atoms with Gasteiger partial charge >= 0.3 is 0 Å². The zero-order valence-electron chi connectivity index (χ0n) is 33.7. The van der Waals surface area contributed by atoms with Gasteiger partial charge in [-0.1, -0.05) is 78.4 Å². The van der Waals surface area contributed by atoms with E-state index >= 15 is 0 Å². The number of anilines is 6. The lowest BCUT2D eigenvalue weighted by atomic mass is 9.87. The number of hydrogen-bond acceptors (Lipinski definition) is 5. The average Bonchev–Trinajstić information content (AvgIpc) is 3.30. The Morgan fingerprint density at radius 1 is 0.377 bits per heavy atom. The Morgan fingerprint density at radius 3 is 1.67 bits per heavy atom. The van der Waals surface area contributed by atoms with E-state index in [-0.39, 0.29) is 0 Å². The minimum Gasteiger partial charge on any atom is -0.456 e. The van der Waals surface area contributed by atoms with E-state index in [0.717, 1.165) is 83.9 Å². The van der Waals surface area contributed by atoms with E-state index < -0.39 is 0 Å². The van der Waals surface area contributed by atoms with Crippen molar-refractivity contribution in [3.8, 4) is 22.6 Å². The van der Waals surface area contributed by atoms with Crippen molar-refractivity contribution >= 4 is 88.2 Å². The fourth-order valence-corrected chi connectivity index (χ4v) is 9.37. The first kappa shape index (κ1) is 35.0. The highest BCUT2D eigenvalue weighted by atomic mass is 16.5. The lowest BCUT2D eigenvalue weighted by Crippen LogP contribution is -2.11. The summed E-state index contributed by atoms with van der Waals surface area (Å²) in [6, 6.07) is 65.3. The lowest BCUT2D eigenvalue weighted by Gasteiger charge is -2.30. The first-order valence-corrected chi connectivity index (χ1v) is 20.7. The van der Waals surface area contributed by atoms with Crippen LogP contribution in [0.1, 0.15) is 11.1 Å². The van der Waals surface area contributed by atoms with E-state index in [1.165, 1.54) is 38.1 Å². The quantitative estimate of drug-likeness (QED) is 0.157. The van der Waals surface area contributed by atoms with Gasteiger partial charge in [-0.05, 0) is 150 Å². The molecule has 12 rings (SSSR count). The van der Waals surface area contributed by atoms with Crippen molar-refractivity contribution in [1.82, 2.24) is 9.97 Å². The van der Waals surface area contributed by atoms with Gasteiger partial charge in [-0.25, -0.2) is 0 Å². The number of para-hydroxylation sites is 2. The summed E-state index contributed by atoms with van der Waals surface area (Å²) >= 11 is 0. The molecule has 0 aliphatic carbocycles. The highest BCUT2D eigenvalue weighted by molar-refractivity contribution is 6.26. The Labute approximate surface area is 353 Å². The maximum atomic E-state index is 7.02. The number of aromatic nitrogens is 2. The number of pyridine rings is 2. The molecule has 5 nitrogen and oxygen atoms in total. The summed E-state index contributed by atoms with van der Waals surface area (Å²) in [5, 5.41) is 9.27. The second kappa shape index (κ2) is 13.8. The fraction of sp³-hybridized carbons (Fsp3) is 0.0357. The van der Waals surface area contributed by atoms with Gasteiger partial charge in [0.05, 0.1) is 16.7 Å². The first-order valence-electron chi connectivity index (χ1n) is 20.7. The number of nitrogens with zero attached hydrogens (tertiary/aromatic N) is 4. The minimum atomic E-state index is 0.831. The van der Waals surface area contributed by atoms with Crippen LogP contribution in [0.25, 0.3) is 65.3 Å². The third-order valence-electron chi connectivity index (χ3n) is 12.1. The van der Waals surface area contributed by atoms with Crippen molar-refractivity contribution in [1.29, 1.82) is 0 Å². The van der Waals surface area contributed by atoms with Gasteiger partial charge in [-0.15, -0.1) is 0 Å². The summed E-state index contributed by atoms with van der Waals surface area (Å²) in [7, 11) is 0. The van der Waals surface area contributed by atoms with Crippen LogP contribution in [0.3, 0.4) is 0 Å². The Bertz CT molecular complexity index is 3550. The normalized spacial score (nSPS) is 11.9. The highest BCUT2D eigenvalue weighted by Gasteiger charge is 2.26. The molecule has 9 aromatic carbocycles. The van der Waals surface area contributed by atoms with Crippen molar-refractivity contribution in [2.24, 2.45) is 0 Å². The molecule has 3 heterocycles. The molecular formula is C56H38N4O. The third kappa shape index (κ3) is 5.77. The van der Waals surface area contributed by atoms with Crippen LogP contribution in [-0.4, -0.2) is 9.97 Å². The fourth-order valence-electron chi connectivity index (χ4n) is 9.37. The van der Waals surface area contributed by atoms with Crippen LogP contribution in [0.5, 0.6) is 11.5 Å². The SMILES string of the molecule is Cc1ccc2c(N(c3ccccc3)c3ccc4ncccc4c3)cc3c4cc(C)cc5c4c(cc3c2c1)-c1ccc(N(c2ccccc2)c2ccc3ncccc3c2)cc1O5. The Hall–Kier alpha value is -8.02. The van der Waals surface area contributed by atoms with Crippen molar-refractivity contribution < 1.29 is 4.74 Å². The first-order chi connectivity index (χ1) is 30.0. The van der Waals surface area contributed by atoms with Crippen LogP contribution in [0.15, 0.2) is 194 Å². The largest absolute Gasteiger partial charge is 0.456 e. The monoisotopic (exact) mass is 782 g/mol. The molecule has 1 aliphatic rings. The molecule has 0 radical (unpaired) electrons. The topological polar surface area (TPSA) is 41.5 Å². The number of rotatable bonds is 6. The lowest BCUT2D eigenvalue weighted by molar-refractivity contribution is 0.487. The zero-order valence-corrected chi connectivity index (χ0v) is 33.7. The molecular weight excluding hydrogens is 745 g/mol. The molecule has 0 saturated heterocycles. The summed E-state index contributed by atoms with van der Waals surface area (Å²) < 4.78 is 7.02. The van der Waals surface area contributed by atoms with Gasteiger partial charge in [0.15, 0.2) is 0 Å². The molecule has 0 saturated carbocycles. The standard InChI is InChI=1S/C56H38N4O/c1-35-17-21-44-46(27-35)47-33-50-45-22-18-43(59(39-13-5-3-6-14-39)41-19-23-51-37(30-41)11-9-25-57-51)32-54(45)61-55-29-36(2)28-49(56(50)55)48(47)34-53(44)60(40-15-7-4-8-16-40)42-20-24-52-38(31-42)12-10-26-58-52/h3-34H,1-2H3. The minimum absolute atomic E-state index is 0.831. The smallest absolute Gasteiger partial charge is 0.137 e. The number of ether oxygens (including phenoxy) is 1. The molecule has 0 bridgehead atoms. The molecule has 0 N–H and O–H groups in total. The summed E-state index contributed by atoms with van der Waals surface area (Å²) in [4.78, 5) is 13.9. The van der Waals surface area contributed by atoms with Crippen molar-refractivity contribution in [3.05, 3.63) is 206 Å². The maximum Gasteiger partial charge on any atom is 0.137 e. The molecule has 2 aromatic heterocycles. The van der Waals surface area contributed by atoms with Crippen LogP contribution in [0, 0.1) is 13.8 Å². The molecule has 0 amide bonds. The van der Waals surface area contributed by atoms with Gasteiger partial charge < -0.3 is 14.5 Å². The number of fused-ring (bicyclic) bond motifs is 8. The van der Waals surface area contributed by atoms with Gasteiger partial charge in [0.1, 0.15) is 11.5 Å². The third-order valence-corrected chi connectivity index (χ3v) is 12.1. The van der Waals surface area contributed by atoms with Crippen LogP contribution >= 0.6 is 0 Å². The predicted molar refractivity (Wildman–Crippen MR) is 254 cm³/mol. The molecule has 5 heteroatoms. The number of benzene rings is 9. The zero-order chi connectivity index (χ0) is 40.6. The molecule has 0 unspecified atom stereocenters. The van der Waals surface area contributed by atoms with E-state index in [0.29, 0.717) is 0 Å². The second-order valence-corrected chi connectivity index (χ2v) is 16.0. The average molecular weight is 783 g/mol. The Kier molecular flexibility index (Phi) is 7.91. The van der Waals surface area contributed by atoms with Crippen LogP contribution < -0.4 is 14.5 Å². The highest BCUT2D eigenvalue weighted by Crippen LogP contribution is 2.53. The van der Waals surface area contributed by atoms with Crippen molar-refractivity contribution in [2.75, 3.05) is 9.80 Å². The van der Waals surface area contributed by atoms with Gasteiger partial charge in [-0.2, -0.15) is 0 Å². The molecule has 288 valence electrons. The second-order valence-electron chi connectivity index (χ2n) is 16.0. The van der Waals surface area contributed by atoms with E-state index in [2.05, 4.69) is 203 Å². The van der Waals surface area contributed by atoms with E-state index in [1.807, 2.05) is 24.5 Å². The van der Waals surface area contributed by atoms with E-state index in [9.17, 15) is 0 Å². The molecule has 0 atom stereocenters. The maximum absolute atomic E-state index is 7.02. The van der Waals surface area contributed by atoms with Crippen LogP contribution in [-0.2, 0) is 0 Å². The molecule has 61 heavy (non-hydrogen) atoms. The molecule has 0 fully saturated rings. The molecule has 11 aromatic rings. The molecule has 0 spiro atoms.